The molecule has 0 amide bonds. The van der Waals surface area contributed by atoms with Gasteiger partial charge in [-0.3, -0.25) is 0 Å². The Kier molecular flexibility index (Phi) is 3.49. The fourth-order valence-corrected chi connectivity index (χ4v) is 1.18. The standard InChI is InChI=1S/C8H12BrN3/c1-6(5-10)12-7-3-2-4-11-8(7)9/h2-4,6,12H,5,10H2,1H3. The van der Waals surface area contributed by atoms with Crippen LogP contribution >= 0.6 is 15.9 Å². The van der Waals surface area contributed by atoms with Gasteiger partial charge in [-0.15, -0.1) is 0 Å². The minimum absolute atomic E-state index is 0.269. The van der Waals surface area contributed by atoms with E-state index >= 15 is 0 Å². The van der Waals surface area contributed by atoms with Gasteiger partial charge in [-0.1, -0.05) is 0 Å². The smallest absolute Gasteiger partial charge is 0.129 e. The monoisotopic (exact) mass is 229 g/mol. The Morgan fingerprint density at radius 2 is 2.50 bits per heavy atom. The molecule has 0 fully saturated rings. The molecule has 0 spiro atoms. The number of rotatable bonds is 3. The van der Waals surface area contributed by atoms with E-state index in [4.69, 9.17) is 5.73 Å². The van der Waals surface area contributed by atoms with Gasteiger partial charge in [0.15, 0.2) is 0 Å². The van der Waals surface area contributed by atoms with Crippen LogP contribution in [0.15, 0.2) is 22.9 Å². The number of halogens is 1. The van der Waals surface area contributed by atoms with Gasteiger partial charge in [0.05, 0.1) is 5.69 Å². The van der Waals surface area contributed by atoms with Crippen molar-refractivity contribution in [2.75, 3.05) is 11.9 Å². The van der Waals surface area contributed by atoms with Crippen molar-refractivity contribution in [2.24, 2.45) is 5.73 Å². The zero-order chi connectivity index (χ0) is 8.97. The molecule has 1 aromatic rings. The number of anilines is 1. The highest BCUT2D eigenvalue weighted by molar-refractivity contribution is 9.10. The van der Waals surface area contributed by atoms with Crippen molar-refractivity contribution < 1.29 is 0 Å². The molecule has 3 nitrogen and oxygen atoms in total. The molecule has 0 saturated carbocycles. The minimum atomic E-state index is 0.269. The highest BCUT2D eigenvalue weighted by Crippen LogP contribution is 2.18. The predicted molar refractivity (Wildman–Crippen MR) is 54.1 cm³/mol. The van der Waals surface area contributed by atoms with Crippen LogP contribution in [0.4, 0.5) is 5.69 Å². The summed E-state index contributed by atoms with van der Waals surface area (Å²) in [6.45, 7) is 2.64. The zero-order valence-electron chi connectivity index (χ0n) is 6.92. The van der Waals surface area contributed by atoms with Crippen molar-refractivity contribution >= 4 is 21.6 Å². The molecule has 66 valence electrons. The molecule has 4 heteroatoms. The maximum Gasteiger partial charge on any atom is 0.129 e. The molecule has 1 unspecified atom stereocenters. The average molecular weight is 230 g/mol. The molecule has 12 heavy (non-hydrogen) atoms. The van der Waals surface area contributed by atoms with E-state index in [1.807, 2.05) is 19.1 Å². The molecule has 1 heterocycles. The van der Waals surface area contributed by atoms with Gasteiger partial charge in [0.2, 0.25) is 0 Å². The van der Waals surface area contributed by atoms with Gasteiger partial charge >= 0.3 is 0 Å². The summed E-state index contributed by atoms with van der Waals surface area (Å²) in [5, 5.41) is 3.23. The Balaban J connectivity index is 2.69. The van der Waals surface area contributed by atoms with Crippen LogP contribution in [-0.2, 0) is 0 Å². The van der Waals surface area contributed by atoms with Gasteiger partial charge in [0, 0.05) is 18.8 Å². The van der Waals surface area contributed by atoms with E-state index in [1.165, 1.54) is 0 Å². The lowest BCUT2D eigenvalue weighted by atomic mass is 10.3. The second kappa shape index (κ2) is 4.42. The van der Waals surface area contributed by atoms with Crippen LogP contribution in [0.1, 0.15) is 6.92 Å². The number of aromatic nitrogens is 1. The van der Waals surface area contributed by atoms with Crippen LogP contribution in [0.25, 0.3) is 0 Å². The fourth-order valence-electron chi connectivity index (χ4n) is 0.818. The summed E-state index contributed by atoms with van der Waals surface area (Å²) >= 11 is 3.34. The molecule has 0 bridgehead atoms. The Labute approximate surface area is 80.5 Å². The molecule has 0 aliphatic rings. The first kappa shape index (κ1) is 9.48. The summed E-state index contributed by atoms with van der Waals surface area (Å²) in [4.78, 5) is 4.08. The molecule has 0 saturated heterocycles. The third-order valence-electron chi connectivity index (χ3n) is 1.51. The van der Waals surface area contributed by atoms with Crippen LogP contribution in [0.2, 0.25) is 0 Å². The molecule has 0 aromatic carbocycles. The molecular weight excluding hydrogens is 218 g/mol. The Hall–Kier alpha value is -0.610. The van der Waals surface area contributed by atoms with E-state index in [-0.39, 0.29) is 6.04 Å². The summed E-state index contributed by atoms with van der Waals surface area (Å²) in [5.74, 6) is 0. The first-order valence-electron chi connectivity index (χ1n) is 3.81. The van der Waals surface area contributed by atoms with Crippen LogP contribution in [-0.4, -0.2) is 17.6 Å². The molecule has 1 atom stereocenters. The second-order valence-corrected chi connectivity index (χ2v) is 3.37. The number of nitrogens with two attached hydrogens (primary N) is 1. The average Bonchev–Trinajstić information content (AvgIpc) is 2.09. The van der Waals surface area contributed by atoms with Crippen molar-refractivity contribution in [1.29, 1.82) is 0 Å². The van der Waals surface area contributed by atoms with Crippen molar-refractivity contribution in [3.05, 3.63) is 22.9 Å². The lowest BCUT2D eigenvalue weighted by Gasteiger charge is -2.13. The van der Waals surface area contributed by atoms with E-state index in [1.54, 1.807) is 6.20 Å². The maximum absolute atomic E-state index is 5.47. The van der Waals surface area contributed by atoms with E-state index < -0.39 is 0 Å². The van der Waals surface area contributed by atoms with Crippen molar-refractivity contribution in [3.8, 4) is 0 Å². The van der Waals surface area contributed by atoms with E-state index in [2.05, 4.69) is 26.2 Å². The Morgan fingerprint density at radius 3 is 3.08 bits per heavy atom. The van der Waals surface area contributed by atoms with Gasteiger partial charge in [-0.25, -0.2) is 4.98 Å². The SMILES string of the molecule is CC(CN)Nc1cccnc1Br. The number of pyridine rings is 1. The highest BCUT2D eigenvalue weighted by atomic mass is 79.9. The summed E-state index contributed by atoms with van der Waals surface area (Å²) in [6.07, 6.45) is 1.74. The van der Waals surface area contributed by atoms with E-state index in [0.717, 1.165) is 10.3 Å². The predicted octanol–water partition coefficient (Wildman–Crippen LogP) is 1.60. The van der Waals surface area contributed by atoms with Gasteiger partial charge < -0.3 is 11.1 Å². The molecule has 0 aliphatic heterocycles. The largest absolute Gasteiger partial charge is 0.379 e. The first-order valence-corrected chi connectivity index (χ1v) is 4.60. The van der Waals surface area contributed by atoms with Crippen molar-refractivity contribution in [2.45, 2.75) is 13.0 Å². The zero-order valence-corrected chi connectivity index (χ0v) is 8.51. The first-order chi connectivity index (χ1) is 5.74. The third-order valence-corrected chi connectivity index (χ3v) is 2.15. The molecule has 0 radical (unpaired) electrons. The summed E-state index contributed by atoms with van der Waals surface area (Å²) < 4.78 is 0.824. The Bertz CT molecular complexity index is 252. The molecule has 0 aliphatic carbocycles. The number of nitrogens with zero attached hydrogens (tertiary/aromatic N) is 1. The van der Waals surface area contributed by atoms with Crippen LogP contribution < -0.4 is 11.1 Å². The van der Waals surface area contributed by atoms with Gasteiger partial charge in [-0.2, -0.15) is 0 Å². The Morgan fingerprint density at radius 1 is 1.75 bits per heavy atom. The van der Waals surface area contributed by atoms with Crippen LogP contribution in [0, 0.1) is 0 Å². The summed E-state index contributed by atoms with van der Waals surface area (Å²) in [6, 6.07) is 4.12. The van der Waals surface area contributed by atoms with E-state index in [9.17, 15) is 0 Å². The van der Waals surface area contributed by atoms with E-state index in [0.29, 0.717) is 6.54 Å². The minimum Gasteiger partial charge on any atom is -0.379 e. The van der Waals surface area contributed by atoms with Gasteiger partial charge in [0.25, 0.3) is 0 Å². The van der Waals surface area contributed by atoms with Gasteiger partial charge in [0.1, 0.15) is 4.60 Å². The third kappa shape index (κ3) is 2.46. The number of hydrogen-bond donors (Lipinski definition) is 2. The second-order valence-electron chi connectivity index (χ2n) is 2.62. The summed E-state index contributed by atoms with van der Waals surface area (Å²) in [7, 11) is 0. The molecular formula is C8H12BrN3. The quantitative estimate of drug-likeness (QED) is 0.775. The van der Waals surface area contributed by atoms with Crippen LogP contribution in [0.5, 0.6) is 0 Å². The lowest BCUT2D eigenvalue weighted by Crippen LogP contribution is -2.25. The molecule has 1 aromatic heterocycles. The number of hydrogen-bond acceptors (Lipinski definition) is 3. The number of nitrogens with one attached hydrogen (secondary N) is 1. The molecule has 3 N–H and O–H groups in total. The highest BCUT2D eigenvalue weighted by Gasteiger charge is 2.02. The van der Waals surface area contributed by atoms with Crippen molar-refractivity contribution in [3.63, 3.8) is 0 Å². The normalized spacial score (nSPS) is 12.6. The molecule has 1 rings (SSSR count). The topological polar surface area (TPSA) is 50.9 Å². The lowest BCUT2D eigenvalue weighted by molar-refractivity contribution is 0.802. The maximum atomic E-state index is 5.47. The van der Waals surface area contributed by atoms with Crippen LogP contribution in [0.3, 0.4) is 0 Å². The van der Waals surface area contributed by atoms with Crippen molar-refractivity contribution in [1.82, 2.24) is 4.98 Å². The fraction of sp³-hybridized carbons (Fsp3) is 0.375. The summed E-state index contributed by atoms with van der Waals surface area (Å²) in [5.41, 5.74) is 6.45. The van der Waals surface area contributed by atoms with Gasteiger partial charge in [-0.05, 0) is 35.0 Å².